The summed E-state index contributed by atoms with van der Waals surface area (Å²) in [5.41, 5.74) is 0. The summed E-state index contributed by atoms with van der Waals surface area (Å²) in [6, 6.07) is 0. The van der Waals surface area contributed by atoms with E-state index in [-0.39, 0.29) is 30.2 Å². The molecule has 0 unspecified atom stereocenters. The van der Waals surface area contributed by atoms with Crippen molar-refractivity contribution >= 4 is 17.8 Å². The minimum absolute atomic E-state index is 0.0245. The van der Waals surface area contributed by atoms with Crippen LogP contribution in [0.15, 0.2) is 0 Å². The molecule has 2 aliphatic rings. The first-order chi connectivity index (χ1) is 9.88. The first-order valence-corrected chi connectivity index (χ1v) is 7.37. The number of carbonyl (C=O) groups is 3. The molecule has 0 spiro atoms. The molecule has 0 aromatic heterocycles. The second-order valence-corrected chi connectivity index (χ2v) is 6.00. The molecule has 2 saturated heterocycles. The summed E-state index contributed by atoms with van der Waals surface area (Å²) in [6.07, 6.45) is 0. The third kappa shape index (κ3) is 3.72. The van der Waals surface area contributed by atoms with Gasteiger partial charge in [0.1, 0.15) is 0 Å². The molecule has 2 rings (SSSR count). The average Bonchev–Trinajstić information content (AvgIpc) is 2.79. The molecule has 2 atom stereocenters. The minimum Gasteiger partial charge on any atom is -0.481 e. The van der Waals surface area contributed by atoms with Crippen LogP contribution in [0.3, 0.4) is 0 Å². The predicted molar refractivity (Wildman–Crippen MR) is 75.6 cm³/mol. The van der Waals surface area contributed by atoms with Crippen LogP contribution in [0.2, 0.25) is 0 Å². The van der Waals surface area contributed by atoms with E-state index in [1.165, 1.54) is 6.92 Å². The van der Waals surface area contributed by atoms with Crippen molar-refractivity contribution in [2.45, 2.75) is 13.8 Å². The van der Waals surface area contributed by atoms with Gasteiger partial charge in [-0.15, -0.1) is 0 Å². The number of rotatable bonds is 3. The van der Waals surface area contributed by atoms with Gasteiger partial charge in [0.05, 0.1) is 12.5 Å². The largest absolute Gasteiger partial charge is 0.481 e. The molecule has 0 aromatic carbocycles. The Hall–Kier alpha value is -1.63. The van der Waals surface area contributed by atoms with Crippen LogP contribution in [-0.4, -0.2) is 83.4 Å². The molecular weight excluding hydrogens is 274 g/mol. The number of carboxylic acid groups (broad SMARTS) is 1. The summed E-state index contributed by atoms with van der Waals surface area (Å²) in [5, 5.41) is 9.11. The van der Waals surface area contributed by atoms with E-state index in [0.717, 1.165) is 0 Å². The Morgan fingerprint density at radius 1 is 1.05 bits per heavy atom. The zero-order valence-electron chi connectivity index (χ0n) is 12.6. The zero-order chi connectivity index (χ0) is 15.6. The maximum atomic E-state index is 12.2. The molecule has 21 heavy (non-hydrogen) atoms. The Balaban J connectivity index is 1.81. The number of nitrogens with zero attached hydrogens (tertiary/aromatic N) is 3. The molecule has 0 aromatic rings. The zero-order valence-corrected chi connectivity index (χ0v) is 12.6. The SMILES string of the molecule is CC(=O)N1CCN(C(=O)CN2C[C@@H](C)[C@H](C(=O)O)C2)CC1. The third-order valence-electron chi connectivity index (χ3n) is 4.44. The van der Waals surface area contributed by atoms with Crippen molar-refractivity contribution in [3.63, 3.8) is 0 Å². The highest BCUT2D eigenvalue weighted by atomic mass is 16.4. The van der Waals surface area contributed by atoms with Crippen molar-refractivity contribution in [1.29, 1.82) is 0 Å². The Morgan fingerprint density at radius 2 is 1.62 bits per heavy atom. The molecule has 0 aliphatic carbocycles. The molecule has 1 N–H and O–H groups in total. The van der Waals surface area contributed by atoms with E-state index in [0.29, 0.717) is 39.3 Å². The van der Waals surface area contributed by atoms with Gasteiger partial charge in [0, 0.05) is 46.2 Å². The molecule has 0 bridgehead atoms. The molecule has 2 fully saturated rings. The molecule has 118 valence electrons. The molecule has 0 saturated carbocycles. The first-order valence-electron chi connectivity index (χ1n) is 7.37. The van der Waals surface area contributed by atoms with E-state index in [1.54, 1.807) is 9.80 Å². The number of hydrogen-bond donors (Lipinski definition) is 1. The highest BCUT2D eigenvalue weighted by Gasteiger charge is 2.36. The summed E-state index contributed by atoms with van der Waals surface area (Å²) in [7, 11) is 0. The van der Waals surface area contributed by atoms with Gasteiger partial charge in [-0.2, -0.15) is 0 Å². The summed E-state index contributed by atoms with van der Waals surface area (Å²) in [5.74, 6) is -1.03. The van der Waals surface area contributed by atoms with E-state index in [2.05, 4.69) is 0 Å². The second kappa shape index (κ2) is 6.43. The molecular formula is C14H23N3O4. The number of amides is 2. The summed E-state index contributed by atoms with van der Waals surface area (Å²) in [6.45, 7) is 7.09. The Kier molecular flexibility index (Phi) is 4.82. The lowest BCUT2D eigenvalue weighted by molar-refractivity contribution is -0.142. The van der Waals surface area contributed by atoms with Crippen molar-refractivity contribution in [1.82, 2.24) is 14.7 Å². The van der Waals surface area contributed by atoms with Crippen molar-refractivity contribution in [2.24, 2.45) is 11.8 Å². The van der Waals surface area contributed by atoms with Crippen LogP contribution in [0.25, 0.3) is 0 Å². The maximum absolute atomic E-state index is 12.2. The number of hydrogen-bond acceptors (Lipinski definition) is 4. The molecule has 0 radical (unpaired) electrons. The molecule has 2 heterocycles. The van der Waals surface area contributed by atoms with Crippen molar-refractivity contribution in [3.05, 3.63) is 0 Å². The third-order valence-corrected chi connectivity index (χ3v) is 4.44. The Labute approximate surface area is 124 Å². The second-order valence-electron chi connectivity index (χ2n) is 6.00. The van der Waals surface area contributed by atoms with Gasteiger partial charge in [-0.3, -0.25) is 19.3 Å². The van der Waals surface area contributed by atoms with Crippen LogP contribution >= 0.6 is 0 Å². The molecule has 2 amide bonds. The number of piperazine rings is 1. The van der Waals surface area contributed by atoms with E-state index < -0.39 is 5.97 Å². The lowest BCUT2D eigenvalue weighted by atomic mass is 9.99. The highest BCUT2D eigenvalue weighted by Crippen LogP contribution is 2.23. The summed E-state index contributed by atoms with van der Waals surface area (Å²) in [4.78, 5) is 40.0. The fourth-order valence-corrected chi connectivity index (χ4v) is 3.08. The maximum Gasteiger partial charge on any atom is 0.308 e. The van der Waals surface area contributed by atoms with Crippen LogP contribution in [-0.2, 0) is 14.4 Å². The van der Waals surface area contributed by atoms with Crippen LogP contribution in [0.5, 0.6) is 0 Å². The fraction of sp³-hybridized carbons (Fsp3) is 0.786. The van der Waals surface area contributed by atoms with Gasteiger partial charge in [-0.25, -0.2) is 0 Å². The number of aliphatic carboxylic acids is 1. The number of carboxylic acids is 1. The highest BCUT2D eigenvalue weighted by molar-refractivity contribution is 5.79. The van der Waals surface area contributed by atoms with Gasteiger partial charge in [-0.05, 0) is 5.92 Å². The summed E-state index contributed by atoms with van der Waals surface area (Å²) < 4.78 is 0. The first kappa shape index (κ1) is 15.8. The quantitative estimate of drug-likeness (QED) is 0.747. The lowest BCUT2D eigenvalue weighted by Gasteiger charge is -2.35. The smallest absolute Gasteiger partial charge is 0.308 e. The van der Waals surface area contributed by atoms with Gasteiger partial charge in [0.2, 0.25) is 11.8 Å². The lowest BCUT2D eigenvalue weighted by Crippen LogP contribution is -2.52. The van der Waals surface area contributed by atoms with Crippen molar-refractivity contribution in [2.75, 3.05) is 45.8 Å². The average molecular weight is 297 g/mol. The van der Waals surface area contributed by atoms with E-state index >= 15 is 0 Å². The standard InChI is InChI=1S/C14H23N3O4/c1-10-7-15(8-12(10)14(20)21)9-13(19)17-5-3-16(4-6-17)11(2)18/h10,12H,3-9H2,1-2H3,(H,20,21)/t10-,12-/m1/s1. The predicted octanol–water partition coefficient (Wildman–Crippen LogP) is -0.670. The Bertz CT molecular complexity index is 432. The van der Waals surface area contributed by atoms with E-state index in [4.69, 9.17) is 5.11 Å². The van der Waals surface area contributed by atoms with Gasteiger partial charge in [0.15, 0.2) is 0 Å². The summed E-state index contributed by atoms with van der Waals surface area (Å²) >= 11 is 0. The van der Waals surface area contributed by atoms with Crippen LogP contribution in [0.1, 0.15) is 13.8 Å². The molecule has 7 heteroatoms. The van der Waals surface area contributed by atoms with Crippen molar-refractivity contribution < 1.29 is 19.5 Å². The molecule has 2 aliphatic heterocycles. The van der Waals surface area contributed by atoms with Crippen LogP contribution < -0.4 is 0 Å². The monoisotopic (exact) mass is 297 g/mol. The Morgan fingerprint density at radius 3 is 2.10 bits per heavy atom. The van der Waals surface area contributed by atoms with E-state index in [9.17, 15) is 14.4 Å². The van der Waals surface area contributed by atoms with Gasteiger partial charge in [-0.1, -0.05) is 6.92 Å². The van der Waals surface area contributed by atoms with Gasteiger partial charge < -0.3 is 14.9 Å². The van der Waals surface area contributed by atoms with Crippen LogP contribution in [0.4, 0.5) is 0 Å². The number of carbonyl (C=O) groups excluding carboxylic acids is 2. The normalized spacial score (nSPS) is 27.0. The van der Waals surface area contributed by atoms with E-state index in [1.807, 2.05) is 11.8 Å². The fourth-order valence-electron chi connectivity index (χ4n) is 3.08. The molecule has 7 nitrogen and oxygen atoms in total. The topological polar surface area (TPSA) is 81.2 Å². The van der Waals surface area contributed by atoms with Crippen molar-refractivity contribution in [3.8, 4) is 0 Å². The number of likely N-dealkylation sites (tertiary alicyclic amines) is 1. The van der Waals surface area contributed by atoms with Crippen LogP contribution in [0, 0.1) is 11.8 Å². The van der Waals surface area contributed by atoms with Gasteiger partial charge >= 0.3 is 5.97 Å². The minimum atomic E-state index is -0.785. The van der Waals surface area contributed by atoms with Gasteiger partial charge in [0.25, 0.3) is 0 Å².